The molecule has 2 aromatic heterocycles. The van der Waals surface area contributed by atoms with Crippen molar-refractivity contribution in [2.24, 2.45) is 4.99 Å². The summed E-state index contributed by atoms with van der Waals surface area (Å²) in [5.74, 6) is 1.93. The molecule has 0 atom stereocenters. The lowest BCUT2D eigenvalue weighted by Gasteiger charge is -2.33. The summed E-state index contributed by atoms with van der Waals surface area (Å²) in [6.07, 6.45) is 5.66. The summed E-state index contributed by atoms with van der Waals surface area (Å²) in [6.45, 7) is 7.66. The van der Waals surface area contributed by atoms with Crippen molar-refractivity contribution in [1.29, 1.82) is 0 Å². The van der Waals surface area contributed by atoms with Gasteiger partial charge in [0.15, 0.2) is 11.8 Å². The predicted octanol–water partition coefficient (Wildman–Crippen LogP) is 1.73. The topological polar surface area (TPSA) is 101 Å². The van der Waals surface area contributed by atoms with Crippen LogP contribution in [-0.2, 0) is 11.2 Å². The van der Waals surface area contributed by atoms with Gasteiger partial charge in [-0.1, -0.05) is 11.2 Å². The Bertz CT molecular complexity index is 758. The van der Waals surface area contributed by atoms with Gasteiger partial charge >= 0.3 is 0 Å². The molecule has 2 N–H and O–H groups in total. The maximum atomic E-state index is 5.31. The van der Waals surface area contributed by atoms with Crippen LogP contribution in [0.4, 0.5) is 0 Å². The zero-order valence-electron chi connectivity index (χ0n) is 18.0. The highest BCUT2D eigenvalue weighted by atomic mass is 16.5. The van der Waals surface area contributed by atoms with E-state index in [0.717, 1.165) is 58.0 Å². The molecule has 0 saturated carbocycles. The second-order valence-electron chi connectivity index (χ2n) is 7.35. The number of guanidine groups is 1. The van der Waals surface area contributed by atoms with E-state index < -0.39 is 0 Å². The average Bonchev–Trinajstić information content (AvgIpc) is 3.25. The lowest BCUT2D eigenvalue weighted by molar-refractivity contribution is 0.155. The lowest BCUT2D eigenvalue weighted by Crippen LogP contribution is -2.49. The third kappa shape index (κ3) is 7.07. The van der Waals surface area contributed by atoms with Crippen LogP contribution in [0, 0.1) is 0 Å². The van der Waals surface area contributed by atoms with Crippen LogP contribution in [0.5, 0.6) is 0 Å². The Kier molecular flexibility index (Phi) is 9.04. The number of aliphatic imine (C=N–C) groups is 1. The molecule has 30 heavy (non-hydrogen) atoms. The van der Waals surface area contributed by atoms with Gasteiger partial charge in [0.2, 0.25) is 0 Å². The van der Waals surface area contributed by atoms with Gasteiger partial charge in [-0.05, 0) is 38.3 Å². The number of rotatable bonds is 10. The number of ether oxygens (including phenoxy) is 1. The van der Waals surface area contributed by atoms with Gasteiger partial charge in [-0.25, -0.2) is 0 Å². The standard InChI is InChI=1S/C21H33N7O2/c1-3-22-21(25-17-9-14-28(15-10-17)13-6-16-29-2)24-12-8-19-26-20(30-27-19)18-7-4-5-11-23-18/h4-5,7,11,17H,3,6,8-10,12-16H2,1-2H3,(H2,22,24,25). The molecule has 3 rings (SSSR count). The van der Waals surface area contributed by atoms with Crippen LogP contribution in [-0.4, -0.2) is 78.5 Å². The second kappa shape index (κ2) is 12.2. The summed E-state index contributed by atoms with van der Waals surface area (Å²) >= 11 is 0. The van der Waals surface area contributed by atoms with Gasteiger partial charge in [-0.15, -0.1) is 0 Å². The molecule has 9 heteroatoms. The molecule has 0 unspecified atom stereocenters. The number of pyridine rings is 1. The molecule has 0 bridgehead atoms. The molecule has 2 aromatic rings. The molecule has 1 aliphatic heterocycles. The quantitative estimate of drug-likeness (QED) is 0.344. The van der Waals surface area contributed by atoms with E-state index in [-0.39, 0.29) is 0 Å². The molecule has 164 valence electrons. The molecule has 0 spiro atoms. The van der Waals surface area contributed by atoms with Crippen molar-refractivity contribution in [3.8, 4) is 11.6 Å². The number of nitrogens with zero attached hydrogens (tertiary/aromatic N) is 5. The second-order valence-corrected chi connectivity index (χ2v) is 7.35. The maximum absolute atomic E-state index is 5.31. The summed E-state index contributed by atoms with van der Waals surface area (Å²) in [7, 11) is 1.76. The van der Waals surface area contributed by atoms with E-state index in [9.17, 15) is 0 Å². The number of likely N-dealkylation sites (tertiary alicyclic amines) is 1. The van der Waals surface area contributed by atoms with Crippen LogP contribution in [0.25, 0.3) is 11.6 Å². The molecule has 1 fully saturated rings. The van der Waals surface area contributed by atoms with Crippen molar-refractivity contribution < 1.29 is 9.26 Å². The fourth-order valence-electron chi connectivity index (χ4n) is 3.46. The molecule has 1 saturated heterocycles. The zero-order valence-corrected chi connectivity index (χ0v) is 18.0. The molecule has 0 aromatic carbocycles. The van der Waals surface area contributed by atoms with Crippen molar-refractivity contribution in [3.63, 3.8) is 0 Å². The molecule has 3 heterocycles. The minimum atomic E-state index is 0.442. The summed E-state index contributed by atoms with van der Waals surface area (Å²) in [6, 6.07) is 6.05. The van der Waals surface area contributed by atoms with Crippen LogP contribution in [0.1, 0.15) is 32.0 Å². The Morgan fingerprint density at radius 2 is 2.20 bits per heavy atom. The van der Waals surface area contributed by atoms with E-state index in [2.05, 4.69) is 37.6 Å². The van der Waals surface area contributed by atoms with Crippen molar-refractivity contribution in [2.45, 2.75) is 38.6 Å². The fourth-order valence-corrected chi connectivity index (χ4v) is 3.46. The number of hydrogen-bond acceptors (Lipinski definition) is 7. The van der Waals surface area contributed by atoms with E-state index in [1.54, 1.807) is 13.3 Å². The van der Waals surface area contributed by atoms with Crippen LogP contribution >= 0.6 is 0 Å². The first kappa shape index (κ1) is 22.2. The highest BCUT2D eigenvalue weighted by Crippen LogP contribution is 2.13. The first-order valence-electron chi connectivity index (χ1n) is 10.8. The minimum Gasteiger partial charge on any atom is -0.385 e. The van der Waals surface area contributed by atoms with Gasteiger partial charge in [0, 0.05) is 65.1 Å². The van der Waals surface area contributed by atoms with Gasteiger partial charge in [0.1, 0.15) is 5.69 Å². The molecular weight excluding hydrogens is 382 g/mol. The number of hydrogen-bond donors (Lipinski definition) is 2. The van der Waals surface area contributed by atoms with Gasteiger partial charge < -0.3 is 24.8 Å². The Labute approximate surface area is 178 Å². The maximum Gasteiger partial charge on any atom is 0.276 e. The third-order valence-corrected chi connectivity index (χ3v) is 5.05. The Morgan fingerprint density at radius 1 is 1.33 bits per heavy atom. The number of methoxy groups -OCH3 is 1. The summed E-state index contributed by atoms with van der Waals surface area (Å²) in [4.78, 5) is 15.8. The Morgan fingerprint density at radius 3 is 2.93 bits per heavy atom. The molecule has 0 radical (unpaired) electrons. The number of nitrogens with one attached hydrogen (secondary N) is 2. The van der Waals surface area contributed by atoms with Crippen LogP contribution in [0.15, 0.2) is 33.9 Å². The fraction of sp³-hybridized carbons (Fsp3) is 0.619. The van der Waals surface area contributed by atoms with E-state index in [4.69, 9.17) is 14.3 Å². The molecule has 1 aliphatic rings. The van der Waals surface area contributed by atoms with Crippen LogP contribution in [0.3, 0.4) is 0 Å². The molecule has 9 nitrogen and oxygen atoms in total. The summed E-state index contributed by atoms with van der Waals surface area (Å²) in [5, 5.41) is 10.9. The van der Waals surface area contributed by atoms with Crippen LogP contribution in [0.2, 0.25) is 0 Å². The summed E-state index contributed by atoms with van der Waals surface area (Å²) < 4.78 is 10.5. The average molecular weight is 416 g/mol. The number of aromatic nitrogens is 3. The Balaban J connectivity index is 1.44. The zero-order chi connectivity index (χ0) is 21.0. The van der Waals surface area contributed by atoms with Crippen molar-refractivity contribution >= 4 is 5.96 Å². The van der Waals surface area contributed by atoms with E-state index in [1.165, 1.54) is 0 Å². The minimum absolute atomic E-state index is 0.442. The van der Waals surface area contributed by atoms with E-state index in [0.29, 0.717) is 36.4 Å². The lowest BCUT2D eigenvalue weighted by atomic mass is 10.1. The largest absolute Gasteiger partial charge is 0.385 e. The van der Waals surface area contributed by atoms with Gasteiger partial charge in [-0.2, -0.15) is 4.98 Å². The highest BCUT2D eigenvalue weighted by Gasteiger charge is 2.19. The smallest absolute Gasteiger partial charge is 0.276 e. The normalized spacial score (nSPS) is 16.0. The van der Waals surface area contributed by atoms with Crippen molar-refractivity contribution in [2.75, 3.05) is 46.4 Å². The molecule has 0 aliphatic carbocycles. The summed E-state index contributed by atoms with van der Waals surface area (Å²) in [5.41, 5.74) is 0.684. The predicted molar refractivity (Wildman–Crippen MR) is 116 cm³/mol. The number of piperidine rings is 1. The van der Waals surface area contributed by atoms with Crippen molar-refractivity contribution in [3.05, 3.63) is 30.2 Å². The van der Waals surface area contributed by atoms with Gasteiger partial charge in [-0.3, -0.25) is 9.98 Å². The van der Waals surface area contributed by atoms with Crippen molar-refractivity contribution in [1.82, 2.24) is 30.7 Å². The van der Waals surface area contributed by atoms with E-state index in [1.807, 2.05) is 18.2 Å². The third-order valence-electron chi connectivity index (χ3n) is 5.05. The molecular formula is C21H33N7O2. The van der Waals surface area contributed by atoms with E-state index >= 15 is 0 Å². The van der Waals surface area contributed by atoms with Gasteiger partial charge in [0.05, 0.1) is 0 Å². The molecule has 0 amide bonds. The Hall–Kier alpha value is -2.52. The van der Waals surface area contributed by atoms with Gasteiger partial charge in [0.25, 0.3) is 5.89 Å². The van der Waals surface area contributed by atoms with Crippen LogP contribution < -0.4 is 10.6 Å². The SMILES string of the molecule is CCNC(=NCCc1noc(-c2ccccn2)n1)NC1CCN(CCCOC)CC1. The first-order chi connectivity index (χ1) is 14.8. The monoisotopic (exact) mass is 415 g/mol. The first-order valence-corrected chi connectivity index (χ1v) is 10.8. The highest BCUT2D eigenvalue weighted by molar-refractivity contribution is 5.80.